The Morgan fingerprint density at radius 2 is 1.77 bits per heavy atom. The molecule has 1 atom stereocenters. The van der Waals surface area contributed by atoms with Crippen LogP contribution in [0.4, 0.5) is 5.69 Å². The first-order valence-corrected chi connectivity index (χ1v) is 12.3. The molecule has 178 valence electrons. The van der Waals surface area contributed by atoms with Crippen molar-refractivity contribution in [2.24, 2.45) is 0 Å². The normalized spacial score (nSPS) is 16.0. The zero-order chi connectivity index (χ0) is 24.2. The van der Waals surface area contributed by atoms with Crippen LogP contribution in [0.5, 0.6) is 0 Å². The smallest absolute Gasteiger partial charge is 0.255 e. The van der Waals surface area contributed by atoms with E-state index in [0.29, 0.717) is 16.6 Å². The first-order chi connectivity index (χ1) is 17.1. The molecule has 5 rings (SSSR count). The maximum absolute atomic E-state index is 12.8. The Kier molecular flexibility index (Phi) is 7.09. The van der Waals surface area contributed by atoms with Gasteiger partial charge in [0.25, 0.3) is 5.91 Å². The topological polar surface area (TPSA) is 54.5 Å². The summed E-state index contributed by atoms with van der Waals surface area (Å²) in [7, 11) is 1.76. The molecule has 1 N–H and O–H groups in total. The van der Waals surface area contributed by atoms with E-state index in [1.54, 1.807) is 7.11 Å². The minimum Gasteiger partial charge on any atom is -0.383 e. The fraction of sp³-hybridized carbons (Fsp3) is 0.241. The molecule has 2 heterocycles. The van der Waals surface area contributed by atoms with Crippen LogP contribution in [0, 0.1) is 0 Å². The number of methoxy groups -OCH3 is 1. The molecule has 1 aliphatic rings. The van der Waals surface area contributed by atoms with Crippen molar-refractivity contribution in [1.29, 1.82) is 0 Å². The first-order valence-electron chi connectivity index (χ1n) is 11.9. The van der Waals surface area contributed by atoms with Gasteiger partial charge in [-0.2, -0.15) is 0 Å². The van der Waals surface area contributed by atoms with E-state index in [0.717, 1.165) is 53.1 Å². The van der Waals surface area contributed by atoms with Gasteiger partial charge in [-0.1, -0.05) is 41.9 Å². The monoisotopic (exact) mass is 485 g/mol. The van der Waals surface area contributed by atoms with Crippen LogP contribution in [0.2, 0.25) is 5.02 Å². The van der Waals surface area contributed by atoms with E-state index in [4.69, 9.17) is 21.3 Å². The van der Waals surface area contributed by atoms with Gasteiger partial charge in [0.1, 0.15) is 0 Å². The molecule has 3 aromatic carbocycles. The van der Waals surface area contributed by atoms with E-state index in [-0.39, 0.29) is 5.91 Å². The summed E-state index contributed by atoms with van der Waals surface area (Å²) in [5, 5.41) is 4.71. The van der Waals surface area contributed by atoms with Crippen LogP contribution in [-0.2, 0) is 11.3 Å². The summed E-state index contributed by atoms with van der Waals surface area (Å²) in [6.45, 7) is 2.67. The lowest BCUT2D eigenvalue weighted by atomic mass is 10.0. The van der Waals surface area contributed by atoms with Crippen LogP contribution in [0.25, 0.3) is 22.0 Å². The highest BCUT2D eigenvalue weighted by atomic mass is 35.5. The number of amides is 1. The molecule has 5 nitrogen and oxygen atoms in total. The minimum absolute atomic E-state index is 0.144. The second kappa shape index (κ2) is 10.6. The van der Waals surface area contributed by atoms with Crippen molar-refractivity contribution in [2.75, 3.05) is 25.6 Å². The van der Waals surface area contributed by atoms with Crippen molar-refractivity contribution in [2.45, 2.75) is 25.4 Å². The first kappa shape index (κ1) is 23.5. The molecule has 6 heteroatoms. The van der Waals surface area contributed by atoms with Crippen molar-refractivity contribution in [3.8, 4) is 11.1 Å². The minimum atomic E-state index is -0.144. The Hall–Kier alpha value is -3.25. The van der Waals surface area contributed by atoms with E-state index < -0.39 is 0 Å². The van der Waals surface area contributed by atoms with Gasteiger partial charge in [-0.15, -0.1) is 0 Å². The molecule has 1 saturated heterocycles. The third kappa shape index (κ3) is 5.54. The van der Waals surface area contributed by atoms with Gasteiger partial charge >= 0.3 is 0 Å². The second-order valence-corrected chi connectivity index (χ2v) is 9.41. The quantitative estimate of drug-likeness (QED) is 0.328. The number of hydrogen-bond donors (Lipinski definition) is 1. The summed E-state index contributed by atoms with van der Waals surface area (Å²) in [5.74, 6) is -0.144. The predicted molar refractivity (Wildman–Crippen MR) is 142 cm³/mol. The lowest BCUT2D eigenvalue weighted by Crippen LogP contribution is -2.32. The summed E-state index contributed by atoms with van der Waals surface area (Å²) in [4.78, 5) is 20.1. The van der Waals surface area contributed by atoms with Crippen LogP contribution < -0.4 is 5.32 Å². The molecule has 1 fully saturated rings. The summed E-state index contributed by atoms with van der Waals surface area (Å²) in [6, 6.07) is 25.7. The number of aromatic nitrogens is 1. The van der Waals surface area contributed by atoms with Gasteiger partial charge in [-0.25, -0.2) is 0 Å². The molecule has 35 heavy (non-hydrogen) atoms. The second-order valence-electron chi connectivity index (χ2n) is 8.97. The summed E-state index contributed by atoms with van der Waals surface area (Å²) in [6.07, 6.45) is 2.38. The van der Waals surface area contributed by atoms with Gasteiger partial charge in [0, 0.05) is 41.4 Å². The Morgan fingerprint density at radius 3 is 2.51 bits per heavy atom. The number of benzene rings is 3. The number of likely N-dealkylation sites (tertiary alicyclic amines) is 1. The van der Waals surface area contributed by atoms with Crippen LogP contribution in [0.3, 0.4) is 0 Å². The number of rotatable bonds is 7. The van der Waals surface area contributed by atoms with Crippen LogP contribution >= 0.6 is 11.6 Å². The van der Waals surface area contributed by atoms with E-state index in [9.17, 15) is 4.79 Å². The molecule has 1 unspecified atom stereocenters. The fourth-order valence-corrected chi connectivity index (χ4v) is 4.81. The van der Waals surface area contributed by atoms with Crippen LogP contribution in [0.1, 0.15) is 28.9 Å². The zero-order valence-electron chi connectivity index (χ0n) is 19.7. The van der Waals surface area contributed by atoms with Gasteiger partial charge in [0.2, 0.25) is 0 Å². The standard InChI is InChI=1S/C29H28ClN3O2/c1-35-19-27-3-2-16-33(27)18-26-13-10-23-17-25(14-15-28(23)31-26)32-29(34)22-6-4-20(5-7-22)21-8-11-24(30)12-9-21/h4-15,17,27H,2-3,16,18-19H2,1H3,(H,32,34). The van der Waals surface area contributed by atoms with E-state index in [1.807, 2.05) is 66.7 Å². The highest BCUT2D eigenvalue weighted by Gasteiger charge is 2.24. The molecular weight excluding hydrogens is 458 g/mol. The Balaban J connectivity index is 1.25. The third-order valence-corrected chi connectivity index (χ3v) is 6.80. The molecule has 4 aromatic rings. The zero-order valence-corrected chi connectivity index (χ0v) is 20.5. The van der Waals surface area contributed by atoms with Crippen LogP contribution in [-0.4, -0.2) is 42.1 Å². The number of carbonyl (C=O) groups excluding carboxylic acids is 1. The van der Waals surface area contributed by atoms with E-state index in [1.165, 1.54) is 12.8 Å². The Morgan fingerprint density at radius 1 is 1.03 bits per heavy atom. The maximum Gasteiger partial charge on any atom is 0.255 e. The number of nitrogens with zero attached hydrogens (tertiary/aromatic N) is 2. The van der Waals surface area contributed by atoms with Crippen molar-refractivity contribution >= 4 is 34.1 Å². The van der Waals surface area contributed by atoms with Gasteiger partial charge < -0.3 is 10.1 Å². The summed E-state index contributed by atoms with van der Waals surface area (Å²) >= 11 is 5.97. The van der Waals surface area contributed by atoms with Gasteiger partial charge in [-0.3, -0.25) is 14.7 Å². The molecule has 1 aromatic heterocycles. The molecule has 1 amide bonds. The summed E-state index contributed by atoms with van der Waals surface area (Å²) in [5.41, 5.74) is 5.43. The number of nitrogens with one attached hydrogen (secondary N) is 1. The Bertz CT molecular complexity index is 1320. The molecule has 0 aliphatic carbocycles. The van der Waals surface area contributed by atoms with Gasteiger partial charge in [0.05, 0.1) is 17.8 Å². The number of anilines is 1. The Labute approximate surface area is 210 Å². The van der Waals surface area contributed by atoms with Crippen LogP contribution in [0.15, 0.2) is 78.9 Å². The average Bonchev–Trinajstić information content (AvgIpc) is 3.31. The number of ether oxygens (including phenoxy) is 1. The van der Waals surface area contributed by atoms with Crippen molar-refractivity contribution in [1.82, 2.24) is 9.88 Å². The number of hydrogen-bond acceptors (Lipinski definition) is 4. The lowest BCUT2D eigenvalue weighted by Gasteiger charge is -2.23. The highest BCUT2D eigenvalue weighted by molar-refractivity contribution is 6.30. The number of fused-ring (bicyclic) bond motifs is 1. The molecule has 0 saturated carbocycles. The van der Waals surface area contributed by atoms with E-state index in [2.05, 4.69) is 22.3 Å². The number of pyridine rings is 1. The molecule has 1 aliphatic heterocycles. The fourth-order valence-electron chi connectivity index (χ4n) is 4.69. The lowest BCUT2D eigenvalue weighted by molar-refractivity contribution is 0.102. The highest BCUT2D eigenvalue weighted by Crippen LogP contribution is 2.24. The summed E-state index contributed by atoms with van der Waals surface area (Å²) < 4.78 is 5.37. The van der Waals surface area contributed by atoms with E-state index >= 15 is 0 Å². The number of halogens is 1. The molecule has 0 spiro atoms. The molecule has 0 radical (unpaired) electrons. The predicted octanol–water partition coefficient (Wildman–Crippen LogP) is 6.42. The maximum atomic E-state index is 12.8. The largest absolute Gasteiger partial charge is 0.383 e. The van der Waals surface area contributed by atoms with Crippen molar-refractivity contribution in [3.05, 3.63) is 95.1 Å². The average molecular weight is 486 g/mol. The van der Waals surface area contributed by atoms with Gasteiger partial charge in [-0.05, 0) is 79.0 Å². The molecule has 0 bridgehead atoms. The SMILES string of the molecule is COCC1CCCN1Cc1ccc2cc(NC(=O)c3ccc(-c4ccc(Cl)cc4)cc3)ccc2n1. The van der Waals surface area contributed by atoms with Crippen molar-refractivity contribution in [3.63, 3.8) is 0 Å². The van der Waals surface area contributed by atoms with Crippen molar-refractivity contribution < 1.29 is 9.53 Å². The third-order valence-electron chi connectivity index (χ3n) is 6.55. The van der Waals surface area contributed by atoms with Gasteiger partial charge in [0.15, 0.2) is 0 Å². The number of carbonyl (C=O) groups is 1. The molecular formula is C29H28ClN3O2.